The number of carbonyl (C=O) groups excluding carboxylic acids is 1. The van der Waals surface area contributed by atoms with E-state index in [1.165, 1.54) is 4.70 Å². The molecule has 1 amide bonds. The quantitative estimate of drug-likeness (QED) is 0.358. The molecule has 4 heterocycles. The van der Waals surface area contributed by atoms with E-state index in [0.717, 1.165) is 52.0 Å². The van der Waals surface area contributed by atoms with E-state index in [0.29, 0.717) is 17.9 Å². The lowest BCUT2D eigenvalue weighted by molar-refractivity contribution is 0.0702. The van der Waals surface area contributed by atoms with Crippen molar-refractivity contribution in [2.24, 2.45) is 0 Å². The number of hydrogen-bond acceptors (Lipinski definition) is 7. The van der Waals surface area contributed by atoms with Gasteiger partial charge >= 0.3 is 0 Å². The largest absolute Gasteiger partial charge is 0.361 e. The summed E-state index contributed by atoms with van der Waals surface area (Å²) in [5.41, 5.74) is 3.65. The molecule has 4 aromatic rings. The van der Waals surface area contributed by atoms with Crippen molar-refractivity contribution in [2.75, 3.05) is 13.1 Å². The number of pyridine rings is 1. The number of hydrogen-bond donors (Lipinski definition) is 0. The number of aryl methyl sites for hydroxylation is 2. The van der Waals surface area contributed by atoms with Crippen LogP contribution >= 0.6 is 23.1 Å². The monoisotopic (exact) mass is 464 g/mol. The van der Waals surface area contributed by atoms with Gasteiger partial charge in [-0.25, -0.2) is 9.97 Å². The minimum Gasteiger partial charge on any atom is -0.361 e. The van der Waals surface area contributed by atoms with E-state index in [1.54, 1.807) is 29.3 Å². The SMILES string of the molecule is Cc1noc(C)c1CSc1ncccc1C(=O)N1CCC[C@@H](c2nc3ccccc3s2)C1. The van der Waals surface area contributed by atoms with Crippen molar-refractivity contribution in [2.45, 2.75) is 43.4 Å². The Hall–Kier alpha value is -2.71. The van der Waals surface area contributed by atoms with Crippen LogP contribution in [0.1, 0.15) is 51.1 Å². The summed E-state index contributed by atoms with van der Waals surface area (Å²) in [6.45, 7) is 5.31. The lowest BCUT2D eigenvalue weighted by atomic mass is 9.98. The average Bonchev–Trinajstić information content (AvgIpc) is 3.40. The van der Waals surface area contributed by atoms with Crippen LogP contribution in [0.15, 0.2) is 52.1 Å². The maximum absolute atomic E-state index is 13.5. The summed E-state index contributed by atoms with van der Waals surface area (Å²) in [6, 6.07) is 12.0. The second-order valence-corrected chi connectivity index (χ2v) is 10.1. The lowest BCUT2D eigenvalue weighted by Crippen LogP contribution is -2.39. The van der Waals surface area contributed by atoms with Crippen LogP contribution in [-0.2, 0) is 5.75 Å². The number of rotatable bonds is 5. The minimum atomic E-state index is 0.0465. The maximum atomic E-state index is 13.5. The first-order valence-electron chi connectivity index (χ1n) is 10.7. The van der Waals surface area contributed by atoms with Crippen molar-refractivity contribution >= 4 is 39.2 Å². The molecule has 0 bridgehead atoms. The van der Waals surface area contributed by atoms with Gasteiger partial charge in [0.2, 0.25) is 0 Å². The summed E-state index contributed by atoms with van der Waals surface area (Å²) < 4.78 is 6.47. The Labute approximate surface area is 195 Å². The molecule has 8 heteroatoms. The van der Waals surface area contributed by atoms with E-state index in [2.05, 4.69) is 22.3 Å². The minimum absolute atomic E-state index is 0.0465. The van der Waals surface area contributed by atoms with E-state index >= 15 is 0 Å². The van der Waals surface area contributed by atoms with Gasteiger partial charge in [-0.15, -0.1) is 23.1 Å². The number of likely N-dealkylation sites (tertiary alicyclic amines) is 1. The number of thioether (sulfide) groups is 1. The van der Waals surface area contributed by atoms with Crippen molar-refractivity contribution in [3.8, 4) is 0 Å². The Morgan fingerprint density at radius 2 is 2.12 bits per heavy atom. The van der Waals surface area contributed by atoms with Gasteiger partial charge in [0, 0.05) is 36.5 Å². The van der Waals surface area contributed by atoms with Crippen LogP contribution in [0, 0.1) is 13.8 Å². The Bertz CT molecular complexity index is 1210. The van der Waals surface area contributed by atoms with Gasteiger partial charge in [0.15, 0.2) is 0 Å². The van der Waals surface area contributed by atoms with Crippen LogP contribution in [0.2, 0.25) is 0 Å². The highest BCUT2D eigenvalue weighted by atomic mass is 32.2. The number of piperidine rings is 1. The number of amides is 1. The summed E-state index contributed by atoms with van der Waals surface area (Å²) in [5.74, 6) is 1.81. The Morgan fingerprint density at radius 3 is 2.94 bits per heavy atom. The highest BCUT2D eigenvalue weighted by molar-refractivity contribution is 7.98. The third kappa shape index (κ3) is 4.17. The van der Waals surface area contributed by atoms with Crippen molar-refractivity contribution in [1.29, 1.82) is 0 Å². The summed E-state index contributed by atoms with van der Waals surface area (Å²) in [4.78, 5) is 24.8. The van der Waals surface area contributed by atoms with Gasteiger partial charge < -0.3 is 9.42 Å². The van der Waals surface area contributed by atoms with Crippen molar-refractivity contribution in [3.63, 3.8) is 0 Å². The number of para-hydroxylation sites is 1. The molecule has 0 saturated carbocycles. The van der Waals surface area contributed by atoms with Crippen LogP contribution in [0.25, 0.3) is 10.2 Å². The molecule has 164 valence electrons. The highest BCUT2D eigenvalue weighted by Gasteiger charge is 2.29. The molecule has 1 aromatic carbocycles. The molecule has 1 aliphatic heterocycles. The van der Waals surface area contributed by atoms with Gasteiger partial charge in [0.05, 0.1) is 26.5 Å². The Morgan fingerprint density at radius 1 is 1.25 bits per heavy atom. The van der Waals surface area contributed by atoms with E-state index in [9.17, 15) is 4.79 Å². The van der Waals surface area contributed by atoms with E-state index in [-0.39, 0.29) is 11.8 Å². The molecule has 5 rings (SSSR count). The highest BCUT2D eigenvalue weighted by Crippen LogP contribution is 2.34. The number of nitrogens with zero attached hydrogens (tertiary/aromatic N) is 4. The van der Waals surface area contributed by atoms with Crippen molar-refractivity contribution in [1.82, 2.24) is 20.0 Å². The molecular weight excluding hydrogens is 440 g/mol. The standard InChI is InChI=1S/C24H24N4O2S2/c1-15-19(16(2)30-27-15)14-31-23-18(8-5-11-25-23)24(29)28-12-6-7-17(13-28)22-26-20-9-3-4-10-21(20)32-22/h3-5,8-11,17H,6-7,12-14H2,1-2H3/t17-/m1/s1. The third-order valence-electron chi connectivity index (χ3n) is 5.90. The van der Waals surface area contributed by atoms with Gasteiger partial charge in [-0.3, -0.25) is 4.79 Å². The Kier molecular flexibility index (Phi) is 5.97. The predicted octanol–water partition coefficient (Wildman–Crippen LogP) is 5.61. The first-order valence-corrected chi connectivity index (χ1v) is 12.5. The topological polar surface area (TPSA) is 72.1 Å². The fourth-order valence-corrected chi connectivity index (χ4v) is 6.35. The molecular formula is C24H24N4O2S2. The molecule has 0 aliphatic carbocycles. The normalized spacial score (nSPS) is 16.6. The third-order valence-corrected chi connectivity index (χ3v) is 8.13. The van der Waals surface area contributed by atoms with E-state index in [1.807, 2.05) is 43.0 Å². The van der Waals surface area contributed by atoms with Crippen molar-refractivity contribution in [3.05, 3.63) is 70.2 Å². The molecule has 1 saturated heterocycles. The summed E-state index contributed by atoms with van der Waals surface area (Å²) >= 11 is 3.30. The number of thiazole rings is 1. The predicted molar refractivity (Wildman–Crippen MR) is 127 cm³/mol. The first kappa shape index (κ1) is 21.2. The molecule has 0 unspecified atom stereocenters. The molecule has 0 N–H and O–H groups in total. The van der Waals surface area contributed by atoms with E-state index in [4.69, 9.17) is 9.51 Å². The van der Waals surface area contributed by atoms with Crippen LogP contribution in [0.3, 0.4) is 0 Å². The summed E-state index contributed by atoms with van der Waals surface area (Å²) in [5, 5.41) is 5.90. The van der Waals surface area contributed by atoms with Crippen LogP contribution in [0.4, 0.5) is 0 Å². The van der Waals surface area contributed by atoms with Gasteiger partial charge in [0.25, 0.3) is 5.91 Å². The number of aromatic nitrogens is 3. The molecule has 32 heavy (non-hydrogen) atoms. The second-order valence-electron chi connectivity index (χ2n) is 8.06. The van der Waals surface area contributed by atoms with Gasteiger partial charge in [0.1, 0.15) is 10.8 Å². The van der Waals surface area contributed by atoms with Crippen LogP contribution in [-0.4, -0.2) is 39.0 Å². The summed E-state index contributed by atoms with van der Waals surface area (Å²) in [7, 11) is 0. The number of fused-ring (bicyclic) bond motifs is 1. The van der Waals surface area contributed by atoms with Crippen molar-refractivity contribution < 1.29 is 9.32 Å². The average molecular weight is 465 g/mol. The molecule has 0 radical (unpaired) electrons. The Balaban J connectivity index is 1.33. The second kappa shape index (κ2) is 9.03. The van der Waals surface area contributed by atoms with Gasteiger partial charge in [-0.2, -0.15) is 0 Å². The molecule has 0 spiro atoms. The fraction of sp³-hybridized carbons (Fsp3) is 0.333. The lowest BCUT2D eigenvalue weighted by Gasteiger charge is -2.32. The molecule has 6 nitrogen and oxygen atoms in total. The fourth-order valence-electron chi connectivity index (χ4n) is 4.12. The van der Waals surface area contributed by atoms with Crippen LogP contribution in [0.5, 0.6) is 0 Å². The summed E-state index contributed by atoms with van der Waals surface area (Å²) in [6.07, 6.45) is 3.78. The molecule has 3 aromatic heterocycles. The maximum Gasteiger partial charge on any atom is 0.256 e. The molecule has 1 aliphatic rings. The number of carbonyl (C=O) groups is 1. The zero-order valence-corrected chi connectivity index (χ0v) is 19.7. The zero-order valence-electron chi connectivity index (χ0n) is 18.1. The molecule has 1 atom stereocenters. The van der Waals surface area contributed by atoms with E-state index < -0.39 is 0 Å². The van der Waals surface area contributed by atoms with Gasteiger partial charge in [-0.1, -0.05) is 17.3 Å². The smallest absolute Gasteiger partial charge is 0.256 e. The first-order chi connectivity index (χ1) is 15.6. The molecule has 1 fully saturated rings. The van der Waals surface area contributed by atoms with Crippen LogP contribution < -0.4 is 0 Å². The zero-order chi connectivity index (χ0) is 22.1. The van der Waals surface area contributed by atoms with Gasteiger partial charge in [-0.05, 0) is 51.0 Å². The number of benzene rings is 1.